The van der Waals surface area contributed by atoms with E-state index < -0.39 is 0 Å². The van der Waals surface area contributed by atoms with Gasteiger partial charge in [0.05, 0.1) is 0 Å². The van der Waals surface area contributed by atoms with Crippen LogP contribution in [-0.2, 0) is 10.8 Å². The molecule has 0 bridgehead atoms. The van der Waals surface area contributed by atoms with Gasteiger partial charge in [-0.25, -0.2) is 0 Å². The Bertz CT molecular complexity index is 7970. The van der Waals surface area contributed by atoms with Gasteiger partial charge in [0, 0.05) is 78.4 Å². The fourth-order valence-electron chi connectivity index (χ4n) is 21.6. The van der Waals surface area contributed by atoms with Crippen LogP contribution in [0.1, 0.15) is 55.9 Å². The molecule has 123 heavy (non-hydrogen) atoms. The van der Waals surface area contributed by atoms with Crippen LogP contribution in [0.3, 0.4) is 0 Å². The van der Waals surface area contributed by atoms with E-state index in [1.54, 1.807) is 0 Å². The Morgan fingerprint density at radius 2 is 0.577 bits per heavy atom. The van der Waals surface area contributed by atoms with E-state index >= 15 is 0 Å². The number of allylic oxidation sites excluding steroid dienone is 4. The zero-order valence-corrected chi connectivity index (χ0v) is 70.2. The molecule has 4 nitrogen and oxygen atoms in total. The Kier molecular flexibility index (Phi) is 16.6. The van der Waals surface area contributed by atoms with Crippen molar-refractivity contribution in [2.24, 2.45) is 5.92 Å². The molecule has 3 aliphatic carbocycles. The second-order valence-corrected chi connectivity index (χ2v) is 35.9. The lowest BCUT2D eigenvalue weighted by molar-refractivity contribution is 0.394. The molecule has 23 aromatic rings. The van der Waals surface area contributed by atoms with Gasteiger partial charge >= 0.3 is 0 Å². The summed E-state index contributed by atoms with van der Waals surface area (Å²) in [5, 5.41) is 34.9. The number of nitrogens with one attached hydrogen (secondary N) is 1. The average molecular weight is 1640 g/mol. The molecule has 582 valence electrons. The van der Waals surface area contributed by atoms with Crippen LogP contribution >= 0.6 is 15.9 Å². The fraction of sp³-hybridized carbons (Fsp3) is 0.0678. The first kappa shape index (κ1) is 72.4. The molecule has 0 amide bonds. The third-order valence-corrected chi connectivity index (χ3v) is 27.7. The molecule has 23 aromatic carbocycles. The standard InChI is InChI=1S/C59H40N2.C31H25N.C28H18BrN/c1-59(2)53-20-7-6-19-51(53)52-30-29-48(36-54(52)59)61(50-33-43-27-23-39-13-9-14-40-24-28-44(34-50)58(43)56(39)40)47-18-10-17-46(35-47)60(45-15-4-3-5-16-45)49-31-41-25-21-37-11-8-12-38-22-26-42(32-49)57(41)55(37)38;1-31(2)27-9-4-3-8-25(27)26-15-14-23(18-28(26)31)32-24-16-21-12-10-19-6-5-7-20-11-13-22(17-24)30(21)29(19)20;29-23-8-5-11-25(18-23)30(24-9-2-1-3-10-24)26-16-21-14-12-19-6-4-7-20-13-15-22(17-26)28(21)27(19)20/h3-36H,1-2H3;3-18,25,27,32H,1-2H3;1-18H. The number of rotatable bonds is 11. The van der Waals surface area contributed by atoms with E-state index in [9.17, 15) is 0 Å². The van der Waals surface area contributed by atoms with Crippen molar-refractivity contribution >= 4 is 208 Å². The second kappa shape index (κ2) is 28.3. The average Bonchev–Trinajstić information content (AvgIpc) is 1.28. The maximum Gasteiger partial charge on any atom is 0.0482 e. The van der Waals surface area contributed by atoms with Crippen LogP contribution in [0.15, 0.2) is 417 Å². The van der Waals surface area contributed by atoms with E-state index in [0.29, 0.717) is 11.8 Å². The van der Waals surface area contributed by atoms with Crippen LogP contribution in [0.25, 0.3) is 140 Å². The van der Waals surface area contributed by atoms with Gasteiger partial charge in [-0.15, -0.1) is 0 Å². The maximum absolute atomic E-state index is 3.72. The third kappa shape index (κ3) is 11.8. The summed E-state index contributed by atoms with van der Waals surface area (Å²) in [7, 11) is 0. The van der Waals surface area contributed by atoms with Crippen molar-refractivity contribution in [3.05, 3.63) is 439 Å². The number of benzene rings is 23. The molecule has 0 saturated heterocycles. The summed E-state index contributed by atoms with van der Waals surface area (Å²) >= 11 is 3.64. The lowest BCUT2D eigenvalue weighted by atomic mass is 9.74. The Hall–Kier alpha value is -14.6. The van der Waals surface area contributed by atoms with Gasteiger partial charge in [0.15, 0.2) is 0 Å². The summed E-state index contributed by atoms with van der Waals surface area (Å²) in [4.78, 5) is 7.21. The second-order valence-electron chi connectivity index (χ2n) is 35.0. The van der Waals surface area contributed by atoms with Gasteiger partial charge in [0.1, 0.15) is 0 Å². The summed E-state index contributed by atoms with van der Waals surface area (Å²) in [6.07, 6.45) is 9.15. The molecule has 26 rings (SSSR count). The minimum Gasteiger partial charge on any atom is -0.355 e. The Labute approximate surface area is 723 Å². The monoisotopic (exact) mass is 1630 g/mol. The van der Waals surface area contributed by atoms with Crippen molar-refractivity contribution in [1.82, 2.24) is 0 Å². The van der Waals surface area contributed by atoms with Crippen molar-refractivity contribution in [2.75, 3.05) is 20.0 Å². The number of halogens is 1. The molecule has 0 fully saturated rings. The third-order valence-electron chi connectivity index (χ3n) is 27.2. The van der Waals surface area contributed by atoms with Gasteiger partial charge in [-0.1, -0.05) is 323 Å². The molecule has 1 N–H and O–H groups in total. The first-order valence-corrected chi connectivity index (χ1v) is 43.7. The van der Waals surface area contributed by atoms with Crippen molar-refractivity contribution in [1.29, 1.82) is 0 Å². The first-order valence-electron chi connectivity index (χ1n) is 42.9. The number of anilines is 11. The van der Waals surface area contributed by atoms with Crippen molar-refractivity contribution in [2.45, 2.75) is 44.4 Å². The molecule has 0 saturated carbocycles. The SMILES string of the molecule is Brc1cccc(N(c2ccccc2)c2cc3ccc4cccc5ccc(c2)c3c45)c1.CC1(C)c2cc(Nc3cc4ccc5cccc6ccc(c3)c4c56)ccc2C2C=CC=CC21.CC1(C)c2ccccc2-c2ccc(N(c3cccc(N(c4ccccc4)c4cc5ccc6cccc7ccc(c4)c5c67)c3)c3cc4ccc5cccc6ccc(c3)c4c56)cc21. The molecule has 2 atom stereocenters. The summed E-state index contributed by atoms with van der Waals surface area (Å²) in [5.74, 6) is 1.03. The van der Waals surface area contributed by atoms with E-state index in [-0.39, 0.29) is 10.8 Å². The molecule has 0 aromatic heterocycles. The number of fused-ring (bicyclic) bond motifs is 6. The van der Waals surface area contributed by atoms with Crippen LogP contribution < -0.4 is 20.0 Å². The van der Waals surface area contributed by atoms with Gasteiger partial charge in [0.2, 0.25) is 0 Å². The number of nitrogens with zero attached hydrogens (tertiary/aromatic N) is 3. The Morgan fingerprint density at radius 1 is 0.236 bits per heavy atom. The molecule has 5 heteroatoms. The maximum atomic E-state index is 3.72. The minimum absolute atomic E-state index is 0.131. The van der Waals surface area contributed by atoms with Gasteiger partial charge < -0.3 is 20.0 Å². The molecule has 0 heterocycles. The highest BCUT2D eigenvalue weighted by Gasteiger charge is 2.45. The number of hydrogen-bond acceptors (Lipinski definition) is 4. The van der Waals surface area contributed by atoms with Crippen LogP contribution in [0.5, 0.6) is 0 Å². The Morgan fingerprint density at radius 3 is 1.02 bits per heavy atom. The molecular weight excluding hydrogens is 1550 g/mol. The van der Waals surface area contributed by atoms with Crippen molar-refractivity contribution in [3.63, 3.8) is 0 Å². The molecule has 2 unspecified atom stereocenters. The van der Waals surface area contributed by atoms with Crippen LogP contribution in [0.4, 0.5) is 62.6 Å². The van der Waals surface area contributed by atoms with E-state index in [2.05, 4.69) is 476 Å². The lowest BCUT2D eigenvalue weighted by Crippen LogP contribution is -2.24. The van der Waals surface area contributed by atoms with Gasteiger partial charge in [-0.2, -0.15) is 0 Å². The van der Waals surface area contributed by atoms with Gasteiger partial charge in [-0.05, 0) is 307 Å². The summed E-state index contributed by atoms with van der Waals surface area (Å²) < 4.78 is 1.07. The highest BCUT2D eigenvalue weighted by molar-refractivity contribution is 9.10. The van der Waals surface area contributed by atoms with Crippen molar-refractivity contribution in [3.8, 4) is 11.1 Å². The van der Waals surface area contributed by atoms with Crippen LogP contribution in [-0.4, -0.2) is 0 Å². The molecule has 3 aliphatic rings. The van der Waals surface area contributed by atoms with Crippen LogP contribution in [0.2, 0.25) is 0 Å². The quantitative estimate of drug-likeness (QED) is 0.130. The topological polar surface area (TPSA) is 21.8 Å². The summed E-state index contributed by atoms with van der Waals surface area (Å²) in [6, 6.07) is 143. The largest absolute Gasteiger partial charge is 0.355 e. The van der Waals surface area contributed by atoms with Gasteiger partial charge in [-0.3, -0.25) is 0 Å². The van der Waals surface area contributed by atoms with E-state index in [1.807, 2.05) is 0 Å². The first-order chi connectivity index (χ1) is 60.3. The predicted molar refractivity (Wildman–Crippen MR) is 531 cm³/mol. The smallest absolute Gasteiger partial charge is 0.0482 e. The lowest BCUT2D eigenvalue weighted by Gasteiger charge is -2.31. The van der Waals surface area contributed by atoms with E-state index in [4.69, 9.17) is 0 Å². The highest BCUT2D eigenvalue weighted by Crippen LogP contribution is 2.56. The molecular formula is C118H83BrN4. The predicted octanol–water partition coefficient (Wildman–Crippen LogP) is 34.0. The van der Waals surface area contributed by atoms with Crippen LogP contribution in [0, 0.1) is 5.92 Å². The zero-order valence-electron chi connectivity index (χ0n) is 68.6. The zero-order chi connectivity index (χ0) is 81.9. The fourth-order valence-corrected chi connectivity index (χ4v) is 21.9. The highest BCUT2D eigenvalue weighted by atomic mass is 79.9. The summed E-state index contributed by atoms with van der Waals surface area (Å²) in [6.45, 7) is 9.51. The minimum atomic E-state index is -0.135. The molecule has 0 radical (unpaired) electrons. The Balaban J connectivity index is 0.000000115. The summed E-state index contributed by atoms with van der Waals surface area (Å²) in [5.41, 5.74) is 20.7. The number of hydrogen-bond donors (Lipinski definition) is 1. The molecule has 0 spiro atoms. The normalized spacial score (nSPS) is 14.8. The van der Waals surface area contributed by atoms with Gasteiger partial charge in [0.25, 0.3) is 0 Å². The van der Waals surface area contributed by atoms with E-state index in [0.717, 1.165) is 67.0 Å². The van der Waals surface area contributed by atoms with Crippen molar-refractivity contribution < 1.29 is 0 Å². The van der Waals surface area contributed by atoms with E-state index in [1.165, 1.54) is 163 Å². The number of para-hydroxylation sites is 2. The molecule has 0 aliphatic heterocycles.